The van der Waals surface area contributed by atoms with Crippen LogP contribution in [-0.2, 0) is 19.8 Å². The molecule has 0 bridgehead atoms. The maximum absolute atomic E-state index is 13.0. The Morgan fingerprint density at radius 2 is 1.76 bits per heavy atom. The normalized spacial score (nSPS) is 20.6. The van der Waals surface area contributed by atoms with Gasteiger partial charge in [-0.15, -0.1) is 0 Å². The molecular weight excluding hydrogens is 444 g/mol. The number of nitrogens with zero attached hydrogens (tertiary/aromatic N) is 3. The first kappa shape index (κ1) is 24.0. The molecule has 0 spiro atoms. The number of benzene rings is 1. The monoisotopic (exact) mass is 478 g/mol. The standard InChI is InChI=1S/C23H34N4O5S/c1-25(20-7-3-2-4-8-20)33(30,31)27-14-12-26(13-15-27)22(28)17-32-21-9-5-6-19(16-21)24-23(29)18-10-11-18/h5-6,9,16,18,20H,2-4,7-8,10-15,17H2,1H3,(H,24,29). The molecule has 2 aliphatic carbocycles. The summed E-state index contributed by atoms with van der Waals surface area (Å²) in [6, 6.07) is 7.08. The SMILES string of the molecule is CN(C1CCCCC1)S(=O)(=O)N1CCN(C(=O)COc2cccc(NC(=O)C3CC3)c2)CC1. The van der Waals surface area contributed by atoms with Crippen molar-refractivity contribution in [1.82, 2.24) is 13.5 Å². The second kappa shape index (κ2) is 10.4. The molecule has 1 aliphatic heterocycles. The van der Waals surface area contributed by atoms with Gasteiger partial charge in [0.1, 0.15) is 5.75 Å². The quantitative estimate of drug-likeness (QED) is 0.617. The van der Waals surface area contributed by atoms with E-state index < -0.39 is 10.2 Å². The Morgan fingerprint density at radius 1 is 1.06 bits per heavy atom. The van der Waals surface area contributed by atoms with Crippen LogP contribution < -0.4 is 10.1 Å². The van der Waals surface area contributed by atoms with Crippen molar-refractivity contribution in [3.8, 4) is 5.75 Å². The minimum atomic E-state index is -3.52. The number of ether oxygens (including phenoxy) is 1. The fourth-order valence-electron chi connectivity index (χ4n) is 4.47. The Bertz CT molecular complexity index is 951. The molecule has 2 amide bonds. The van der Waals surface area contributed by atoms with Crippen molar-refractivity contribution in [2.75, 3.05) is 45.2 Å². The summed E-state index contributed by atoms with van der Waals surface area (Å²) in [5.41, 5.74) is 0.651. The number of nitrogens with one attached hydrogen (secondary N) is 1. The van der Waals surface area contributed by atoms with Crippen LogP contribution >= 0.6 is 0 Å². The molecule has 1 aromatic carbocycles. The number of hydrogen-bond acceptors (Lipinski definition) is 5. The van der Waals surface area contributed by atoms with Gasteiger partial charge in [-0.1, -0.05) is 25.3 Å². The third-order valence-electron chi connectivity index (χ3n) is 6.78. The Morgan fingerprint density at radius 3 is 2.42 bits per heavy atom. The van der Waals surface area contributed by atoms with Crippen molar-refractivity contribution in [3.63, 3.8) is 0 Å². The van der Waals surface area contributed by atoms with Gasteiger partial charge in [-0.2, -0.15) is 17.0 Å². The summed E-state index contributed by atoms with van der Waals surface area (Å²) in [4.78, 5) is 26.2. The van der Waals surface area contributed by atoms with Gasteiger partial charge in [0, 0.05) is 56.9 Å². The summed E-state index contributed by atoms with van der Waals surface area (Å²) in [7, 11) is -1.84. The molecule has 0 aromatic heterocycles. The van der Waals surface area contributed by atoms with Gasteiger partial charge in [-0.3, -0.25) is 9.59 Å². The lowest BCUT2D eigenvalue weighted by atomic mass is 9.96. The molecule has 1 aromatic rings. The van der Waals surface area contributed by atoms with E-state index in [9.17, 15) is 18.0 Å². The Kier molecular flexibility index (Phi) is 7.55. The second-order valence-electron chi connectivity index (χ2n) is 9.18. The first-order chi connectivity index (χ1) is 15.8. The highest BCUT2D eigenvalue weighted by Gasteiger charge is 2.35. The van der Waals surface area contributed by atoms with E-state index in [0.29, 0.717) is 24.5 Å². The molecule has 2 saturated carbocycles. The molecule has 9 nitrogen and oxygen atoms in total. The average molecular weight is 479 g/mol. The van der Waals surface area contributed by atoms with Gasteiger partial charge in [0.15, 0.2) is 6.61 Å². The predicted molar refractivity (Wildman–Crippen MR) is 125 cm³/mol. The van der Waals surface area contributed by atoms with Crippen molar-refractivity contribution >= 4 is 27.7 Å². The van der Waals surface area contributed by atoms with Crippen LogP contribution in [0.5, 0.6) is 5.75 Å². The van der Waals surface area contributed by atoms with Crippen molar-refractivity contribution in [1.29, 1.82) is 0 Å². The zero-order chi connectivity index (χ0) is 23.4. The summed E-state index contributed by atoms with van der Waals surface area (Å²) in [5.74, 6) is 0.457. The number of carbonyl (C=O) groups is 2. The van der Waals surface area contributed by atoms with Crippen molar-refractivity contribution in [3.05, 3.63) is 24.3 Å². The maximum Gasteiger partial charge on any atom is 0.282 e. The summed E-state index contributed by atoms with van der Waals surface area (Å²) in [6.07, 6.45) is 7.01. The van der Waals surface area contributed by atoms with Crippen LogP contribution in [0.4, 0.5) is 5.69 Å². The van der Waals surface area contributed by atoms with Crippen molar-refractivity contribution in [2.45, 2.75) is 51.0 Å². The topological polar surface area (TPSA) is 99.3 Å². The van der Waals surface area contributed by atoms with E-state index in [0.717, 1.165) is 38.5 Å². The number of carbonyl (C=O) groups excluding carboxylic acids is 2. The number of rotatable bonds is 8. The fourth-order valence-corrected chi connectivity index (χ4v) is 6.05. The third kappa shape index (κ3) is 6.04. The van der Waals surface area contributed by atoms with Crippen LogP contribution in [-0.4, -0.2) is 79.6 Å². The van der Waals surface area contributed by atoms with E-state index >= 15 is 0 Å². The highest BCUT2D eigenvalue weighted by atomic mass is 32.2. The van der Waals surface area contributed by atoms with E-state index in [-0.39, 0.29) is 43.5 Å². The van der Waals surface area contributed by atoms with E-state index in [2.05, 4.69) is 5.32 Å². The molecule has 33 heavy (non-hydrogen) atoms. The van der Waals surface area contributed by atoms with Gasteiger partial charge in [-0.05, 0) is 37.8 Å². The van der Waals surface area contributed by atoms with Crippen LogP contribution in [0.25, 0.3) is 0 Å². The molecule has 3 aliphatic rings. The largest absolute Gasteiger partial charge is 0.484 e. The van der Waals surface area contributed by atoms with Gasteiger partial charge in [0.05, 0.1) is 0 Å². The van der Waals surface area contributed by atoms with Crippen LogP contribution in [0.1, 0.15) is 44.9 Å². The van der Waals surface area contributed by atoms with Crippen molar-refractivity contribution < 1.29 is 22.7 Å². The van der Waals surface area contributed by atoms with Gasteiger partial charge < -0.3 is 15.0 Å². The minimum Gasteiger partial charge on any atom is -0.484 e. The van der Waals surface area contributed by atoms with Crippen molar-refractivity contribution in [2.24, 2.45) is 5.92 Å². The number of piperazine rings is 1. The first-order valence-electron chi connectivity index (χ1n) is 11.9. The van der Waals surface area contributed by atoms with Gasteiger partial charge >= 0.3 is 0 Å². The molecule has 10 heteroatoms. The molecule has 1 N–H and O–H groups in total. The molecule has 0 radical (unpaired) electrons. The molecule has 1 heterocycles. The molecular formula is C23H34N4O5S. The van der Waals surface area contributed by atoms with Crippen LogP contribution in [0.3, 0.4) is 0 Å². The lowest BCUT2D eigenvalue weighted by molar-refractivity contribution is -0.134. The average Bonchev–Trinajstić information content (AvgIpc) is 3.69. The molecule has 0 atom stereocenters. The third-order valence-corrected chi connectivity index (χ3v) is 8.83. The predicted octanol–water partition coefficient (Wildman–Crippen LogP) is 2.07. The van der Waals surface area contributed by atoms with Gasteiger partial charge in [0.2, 0.25) is 5.91 Å². The smallest absolute Gasteiger partial charge is 0.282 e. The first-order valence-corrected chi connectivity index (χ1v) is 13.3. The maximum atomic E-state index is 13.0. The highest BCUT2D eigenvalue weighted by molar-refractivity contribution is 7.86. The summed E-state index contributed by atoms with van der Waals surface area (Å²) in [5, 5.41) is 2.87. The lowest BCUT2D eigenvalue weighted by Crippen LogP contribution is -2.55. The number of amides is 2. The number of hydrogen-bond donors (Lipinski definition) is 1. The lowest BCUT2D eigenvalue weighted by Gasteiger charge is -2.38. The van der Waals surface area contributed by atoms with Crippen LogP contribution in [0.15, 0.2) is 24.3 Å². The molecule has 182 valence electrons. The van der Waals surface area contributed by atoms with E-state index in [1.807, 2.05) is 0 Å². The minimum absolute atomic E-state index is 0.0187. The fraction of sp³-hybridized carbons (Fsp3) is 0.652. The molecule has 3 fully saturated rings. The zero-order valence-corrected chi connectivity index (χ0v) is 20.1. The Labute approximate surface area is 196 Å². The zero-order valence-electron chi connectivity index (χ0n) is 19.2. The second-order valence-corrected chi connectivity index (χ2v) is 11.2. The molecule has 1 saturated heterocycles. The summed E-state index contributed by atoms with van der Waals surface area (Å²) in [6.45, 7) is 1.13. The van der Waals surface area contributed by atoms with Gasteiger partial charge in [0.25, 0.3) is 16.1 Å². The molecule has 4 rings (SSSR count). The van der Waals surface area contributed by atoms with Crippen LogP contribution in [0, 0.1) is 5.92 Å². The van der Waals surface area contributed by atoms with E-state index in [4.69, 9.17) is 4.74 Å². The summed E-state index contributed by atoms with van der Waals surface area (Å²) < 4.78 is 34.7. The van der Waals surface area contributed by atoms with Crippen LogP contribution in [0.2, 0.25) is 0 Å². The Balaban J connectivity index is 1.24. The van der Waals surface area contributed by atoms with E-state index in [1.165, 1.54) is 15.0 Å². The van der Waals surface area contributed by atoms with E-state index in [1.54, 1.807) is 36.2 Å². The number of anilines is 1. The van der Waals surface area contributed by atoms with Gasteiger partial charge in [-0.25, -0.2) is 0 Å². The highest BCUT2D eigenvalue weighted by Crippen LogP contribution is 2.30. The Hall–Kier alpha value is -2.17. The summed E-state index contributed by atoms with van der Waals surface area (Å²) >= 11 is 0. The molecule has 0 unspecified atom stereocenters.